The molecule has 57 heavy (non-hydrogen) atoms. The van der Waals surface area contributed by atoms with E-state index in [1.807, 2.05) is 78.9 Å². The Balaban J connectivity index is 1.19. The predicted molar refractivity (Wildman–Crippen MR) is 226 cm³/mol. The van der Waals surface area contributed by atoms with Gasteiger partial charge in [-0.15, -0.1) is 0 Å². The molecule has 2 fully saturated rings. The lowest BCUT2D eigenvalue weighted by molar-refractivity contribution is -0.0961. The van der Waals surface area contributed by atoms with Crippen molar-refractivity contribution in [2.75, 3.05) is 32.8 Å². The lowest BCUT2D eigenvalue weighted by atomic mass is 9.64. The van der Waals surface area contributed by atoms with E-state index < -0.39 is 23.2 Å². The maximum absolute atomic E-state index is 14.7. The van der Waals surface area contributed by atoms with Crippen LogP contribution in [0.3, 0.4) is 0 Å². The lowest BCUT2D eigenvalue weighted by Gasteiger charge is -2.46. The first-order chi connectivity index (χ1) is 27.6. The zero-order valence-corrected chi connectivity index (χ0v) is 33.8. The molecule has 1 saturated carbocycles. The largest absolute Gasteiger partial charge is 0.393 e. The van der Waals surface area contributed by atoms with Gasteiger partial charge >= 0.3 is 0 Å². The second-order valence-corrected chi connectivity index (χ2v) is 17.2. The van der Waals surface area contributed by atoms with E-state index in [1.165, 1.54) is 5.57 Å². The highest BCUT2D eigenvalue weighted by atomic mass is 16.5. The molecule has 1 heterocycles. The highest BCUT2D eigenvalue weighted by Gasteiger charge is 2.57. The van der Waals surface area contributed by atoms with Crippen molar-refractivity contribution in [3.63, 3.8) is 0 Å². The highest BCUT2D eigenvalue weighted by molar-refractivity contribution is 6.10. The Hall–Kier alpha value is -3.95. The van der Waals surface area contributed by atoms with Crippen LogP contribution < -0.4 is 0 Å². The van der Waals surface area contributed by atoms with Crippen molar-refractivity contribution in [3.05, 3.63) is 143 Å². The first-order valence-corrected chi connectivity index (χ1v) is 21.1. The number of ketones is 1. The van der Waals surface area contributed by atoms with Gasteiger partial charge in [-0.2, -0.15) is 0 Å². The van der Waals surface area contributed by atoms with Crippen LogP contribution in [0.5, 0.6) is 0 Å². The van der Waals surface area contributed by atoms with Crippen molar-refractivity contribution < 1.29 is 29.6 Å². The molecule has 0 radical (unpaired) electrons. The van der Waals surface area contributed by atoms with Crippen LogP contribution in [-0.4, -0.2) is 82.8 Å². The van der Waals surface area contributed by atoms with Crippen LogP contribution in [0.15, 0.2) is 115 Å². The number of carbonyl (C=O) groups is 1. The standard InChI is InChI=1S/C50H61NO6/c1-36-11-9-26-49(2)47(25-27-50(49,55)35-51(32-44-16-10-28-57-44)31-43(53)34-56-33-37-12-5-3-6-13-37)45-24-18-38(29-42(52)23-17-36)30-46(45)48(54)41-21-19-40(20-22-41)39-14-7-4-8-15-39/h3-8,11-15,18-22,24,30,42-44,47,52-53,55H,9-10,16-17,23,25-29,31-35H2,1-2H3/t42-,43+,44+,47-,49-,50+/m0/s1. The zero-order chi connectivity index (χ0) is 39.8. The van der Waals surface area contributed by atoms with Crippen LogP contribution in [-0.2, 0) is 22.5 Å². The van der Waals surface area contributed by atoms with Crippen molar-refractivity contribution in [1.82, 2.24) is 4.90 Å². The quantitative estimate of drug-likeness (QED) is 0.0925. The van der Waals surface area contributed by atoms with E-state index >= 15 is 0 Å². The molecule has 4 aliphatic rings. The number of aliphatic hydroxyl groups is 3. The number of aliphatic hydroxyl groups excluding tert-OH is 2. The highest BCUT2D eigenvalue weighted by Crippen LogP contribution is 2.59. The SMILES string of the molecule is CC1=CCC[C@@]2(C)[C@@H](CC[C@@]2(O)CN(C[C@@H](O)COCc2ccccc2)C[C@H]2CCCO2)c2ccc(cc2C(=O)c2ccc(-c3ccccc3)cc2)C[C@@H](O)CC1. The average molecular weight is 772 g/mol. The number of nitrogens with zero attached hydrogens (tertiary/aromatic N) is 1. The second kappa shape index (κ2) is 18.8. The van der Waals surface area contributed by atoms with Gasteiger partial charge in [0, 0.05) is 42.8 Å². The fourth-order valence-corrected chi connectivity index (χ4v) is 9.68. The third kappa shape index (κ3) is 10.0. The third-order valence-electron chi connectivity index (χ3n) is 13.0. The Labute approximate surface area is 339 Å². The molecule has 4 aromatic rings. The minimum absolute atomic E-state index is 0.0415. The van der Waals surface area contributed by atoms with Crippen LogP contribution in [0.4, 0.5) is 0 Å². The van der Waals surface area contributed by atoms with Crippen molar-refractivity contribution >= 4 is 5.78 Å². The first-order valence-electron chi connectivity index (χ1n) is 21.1. The van der Waals surface area contributed by atoms with Crippen molar-refractivity contribution in [3.8, 4) is 11.1 Å². The molecule has 8 rings (SSSR count). The number of allylic oxidation sites excluding steroid dienone is 2. The average Bonchev–Trinajstić information content (AvgIpc) is 3.82. The Morgan fingerprint density at radius 2 is 1.67 bits per heavy atom. The molecule has 1 aliphatic heterocycles. The molecule has 2 bridgehead atoms. The molecule has 0 amide bonds. The van der Waals surface area contributed by atoms with E-state index in [0.717, 1.165) is 72.9 Å². The van der Waals surface area contributed by atoms with Crippen molar-refractivity contribution in [1.29, 1.82) is 0 Å². The van der Waals surface area contributed by atoms with Crippen LogP contribution >= 0.6 is 0 Å². The van der Waals surface area contributed by atoms with E-state index in [1.54, 1.807) is 0 Å². The predicted octanol–water partition coefficient (Wildman–Crippen LogP) is 8.68. The summed E-state index contributed by atoms with van der Waals surface area (Å²) in [7, 11) is 0. The molecule has 1 saturated heterocycles. The van der Waals surface area contributed by atoms with Crippen molar-refractivity contribution in [2.24, 2.45) is 5.41 Å². The Morgan fingerprint density at radius 1 is 0.930 bits per heavy atom. The molecule has 6 atom stereocenters. The number of benzene rings is 4. The van der Waals surface area contributed by atoms with E-state index in [-0.39, 0.29) is 24.4 Å². The minimum Gasteiger partial charge on any atom is -0.393 e. The topological polar surface area (TPSA) is 99.5 Å². The normalized spacial score (nSPS) is 25.9. The number of hydrogen-bond acceptors (Lipinski definition) is 7. The number of rotatable bonds is 13. The summed E-state index contributed by atoms with van der Waals surface area (Å²) in [4.78, 5) is 16.9. The fraction of sp³-hybridized carbons (Fsp3) is 0.460. The minimum atomic E-state index is -1.10. The molecule has 7 heteroatoms. The smallest absolute Gasteiger partial charge is 0.193 e. The van der Waals surface area contributed by atoms with Crippen LogP contribution in [0, 0.1) is 5.41 Å². The molecule has 7 nitrogen and oxygen atoms in total. The van der Waals surface area contributed by atoms with Gasteiger partial charge < -0.3 is 24.8 Å². The van der Waals surface area contributed by atoms with Crippen LogP contribution in [0.2, 0.25) is 0 Å². The first kappa shape index (κ1) is 41.2. The van der Waals surface area contributed by atoms with E-state index in [4.69, 9.17) is 9.47 Å². The maximum Gasteiger partial charge on any atom is 0.193 e. The van der Waals surface area contributed by atoms with Crippen LogP contribution in [0.1, 0.15) is 104 Å². The molecular formula is C50H61NO6. The van der Waals surface area contributed by atoms with Gasteiger partial charge in [0.2, 0.25) is 0 Å². The summed E-state index contributed by atoms with van der Waals surface area (Å²) in [5.74, 6) is -0.135. The molecule has 0 aromatic heterocycles. The van der Waals surface area contributed by atoms with Gasteiger partial charge in [-0.25, -0.2) is 0 Å². The fourth-order valence-electron chi connectivity index (χ4n) is 9.68. The Bertz CT molecular complexity index is 1940. The van der Waals surface area contributed by atoms with Gasteiger partial charge in [0.1, 0.15) is 0 Å². The second-order valence-electron chi connectivity index (χ2n) is 17.2. The van der Waals surface area contributed by atoms with E-state index in [0.29, 0.717) is 56.6 Å². The van der Waals surface area contributed by atoms with Gasteiger partial charge in [-0.1, -0.05) is 116 Å². The monoisotopic (exact) mass is 771 g/mol. The van der Waals surface area contributed by atoms with Gasteiger partial charge in [0.15, 0.2) is 5.78 Å². The summed E-state index contributed by atoms with van der Waals surface area (Å²) in [6.45, 7) is 7.08. The Kier molecular flexibility index (Phi) is 13.6. The van der Waals surface area contributed by atoms with Crippen molar-refractivity contribution in [2.45, 2.75) is 108 Å². The van der Waals surface area contributed by atoms with E-state index in [9.17, 15) is 20.1 Å². The summed E-state index contributed by atoms with van der Waals surface area (Å²) in [6.07, 6.45) is 7.76. The molecule has 4 aromatic carbocycles. The summed E-state index contributed by atoms with van der Waals surface area (Å²) >= 11 is 0. The van der Waals surface area contributed by atoms with Gasteiger partial charge in [0.05, 0.1) is 37.1 Å². The molecule has 302 valence electrons. The van der Waals surface area contributed by atoms with Gasteiger partial charge in [0.25, 0.3) is 0 Å². The van der Waals surface area contributed by atoms with Gasteiger partial charge in [-0.3, -0.25) is 9.69 Å². The van der Waals surface area contributed by atoms with Gasteiger partial charge in [-0.05, 0) is 105 Å². The molecule has 3 aliphatic carbocycles. The maximum atomic E-state index is 14.7. The number of fused-ring (bicyclic) bond motifs is 8. The summed E-state index contributed by atoms with van der Waals surface area (Å²) in [5.41, 5.74) is 5.93. The number of ether oxygens (including phenoxy) is 2. The third-order valence-corrected chi connectivity index (χ3v) is 13.0. The number of carbonyl (C=O) groups excluding carboxylic acids is 1. The number of hydrogen-bond donors (Lipinski definition) is 3. The zero-order valence-electron chi connectivity index (χ0n) is 33.8. The molecule has 0 spiro atoms. The Morgan fingerprint density at radius 3 is 2.40 bits per heavy atom. The molecule has 0 unspecified atom stereocenters. The summed E-state index contributed by atoms with van der Waals surface area (Å²) < 4.78 is 12.1. The molecular weight excluding hydrogens is 711 g/mol. The summed E-state index contributed by atoms with van der Waals surface area (Å²) in [6, 6.07) is 34.2. The summed E-state index contributed by atoms with van der Waals surface area (Å²) in [5, 5.41) is 35.5. The van der Waals surface area contributed by atoms with E-state index in [2.05, 4.69) is 49.1 Å². The van der Waals surface area contributed by atoms with Crippen LogP contribution in [0.25, 0.3) is 11.1 Å². The molecule has 3 N–H and O–H groups in total. The lowest BCUT2D eigenvalue weighted by Crippen LogP contribution is -2.55.